The van der Waals surface area contributed by atoms with Crippen molar-refractivity contribution in [2.45, 2.75) is 32.2 Å². The number of rotatable bonds is 6. The molecule has 0 unspecified atom stereocenters. The number of nitrogens with two attached hydrogens (primary N) is 1. The van der Waals surface area contributed by atoms with Crippen molar-refractivity contribution >= 4 is 5.69 Å². The lowest BCUT2D eigenvalue weighted by atomic mass is 10.1. The van der Waals surface area contributed by atoms with E-state index in [1.54, 1.807) is 0 Å². The van der Waals surface area contributed by atoms with Gasteiger partial charge in [-0.15, -0.1) is 0 Å². The molecule has 1 aliphatic heterocycles. The third-order valence-electron chi connectivity index (χ3n) is 4.15. The van der Waals surface area contributed by atoms with E-state index in [0.29, 0.717) is 0 Å². The van der Waals surface area contributed by atoms with E-state index in [2.05, 4.69) is 48.0 Å². The summed E-state index contributed by atoms with van der Waals surface area (Å²) >= 11 is 0. The molecule has 0 saturated carbocycles. The zero-order valence-electron chi connectivity index (χ0n) is 12.3. The molecule has 19 heavy (non-hydrogen) atoms. The number of likely N-dealkylation sites (N-methyl/N-ethyl adjacent to an activating group) is 1. The lowest BCUT2D eigenvalue weighted by Gasteiger charge is -2.23. The van der Waals surface area contributed by atoms with Gasteiger partial charge in [0.15, 0.2) is 0 Å². The molecular weight excluding hydrogens is 234 g/mol. The lowest BCUT2D eigenvalue weighted by molar-refractivity contribution is 0.346. The molecule has 0 spiro atoms. The molecule has 1 fully saturated rings. The number of benzene rings is 1. The molecule has 0 radical (unpaired) electrons. The Labute approximate surface area is 117 Å². The Bertz CT molecular complexity index is 368. The molecular formula is C16H27N3. The zero-order valence-corrected chi connectivity index (χ0v) is 12.3. The van der Waals surface area contributed by atoms with Crippen LogP contribution in [0.1, 0.15) is 37.8 Å². The van der Waals surface area contributed by atoms with Gasteiger partial charge in [-0.25, -0.2) is 0 Å². The van der Waals surface area contributed by atoms with Gasteiger partial charge in [-0.1, -0.05) is 19.1 Å². The van der Waals surface area contributed by atoms with Gasteiger partial charge < -0.3 is 15.5 Å². The van der Waals surface area contributed by atoms with Crippen molar-refractivity contribution in [2.75, 3.05) is 38.1 Å². The Morgan fingerprint density at radius 1 is 1.21 bits per heavy atom. The highest BCUT2D eigenvalue weighted by Crippen LogP contribution is 2.19. The van der Waals surface area contributed by atoms with Crippen LogP contribution in [0.3, 0.4) is 0 Å². The topological polar surface area (TPSA) is 32.5 Å². The fourth-order valence-corrected chi connectivity index (χ4v) is 2.64. The molecule has 2 rings (SSSR count). The Kier molecular flexibility index (Phi) is 5.23. The Morgan fingerprint density at radius 3 is 2.42 bits per heavy atom. The summed E-state index contributed by atoms with van der Waals surface area (Å²) in [6.45, 7) is 6.95. The molecule has 1 heterocycles. The Morgan fingerprint density at radius 2 is 1.84 bits per heavy atom. The maximum atomic E-state index is 6.04. The fraction of sp³-hybridized carbons (Fsp3) is 0.625. The van der Waals surface area contributed by atoms with Gasteiger partial charge in [-0.2, -0.15) is 0 Å². The Balaban J connectivity index is 1.86. The van der Waals surface area contributed by atoms with E-state index in [9.17, 15) is 0 Å². The average Bonchev–Trinajstić information content (AvgIpc) is 2.97. The van der Waals surface area contributed by atoms with Crippen LogP contribution in [0.15, 0.2) is 24.3 Å². The summed E-state index contributed by atoms with van der Waals surface area (Å²) in [5, 5.41) is 0. The smallest absolute Gasteiger partial charge is 0.0364 e. The monoisotopic (exact) mass is 261 g/mol. The van der Waals surface area contributed by atoms with Gasteiger partial charge in [0, 0.05) is 31.9 Å². The molecule has 2 N–H and O–H groups in total. The molecule has 106 valence electrons. The summed E-state index contributed by atoms with van der Waals surface area (Å²) in [6.07, 6.45) is 3.73. The number of hydrogen-bond acceptors (Lipinski definition) is 3. The maximum absolute atomic E-state index is 6.04. The van der Waals surface area contributed by atoms with Crippen LogP contribution in [-0.4, -0.2) is 38.1 Å². The van der Waals surface area contributed by atoms with Crippen LogP contribution in [0, 0.1) is 0 Å². The predicted molar refractivity (Wildman–Crippen MR) is 82.6 cm³/mol. The minimum absolute atomic E-state index is 0.170. The van der Waals surface area contributed by atoms with Crippen molar-refractivity contribution in [2.24, 2.45) is 5.73 Å². The summed E-state index contributed by atoms with van der Waals surface area (Å²) in [5.41, 5.74) is 8.56. The molecule has 1 aliphatic rings. The lowest BCUT2D eigenvalue weighted by Crippen LogP contribution is -2.31. The highest BCUT2D eigenvalue weighted by Gasteiger charge is 2.12. The Hall–Kier alpha value is -1.06. The van der Waals surface area contributed by atoms with E-state index in [-0.39, 0.29) is 6.04 Å². The van der Waals surface area contributed by atoms with Crippen LogP contribution in [0.2, 0.25) is 0 Å². The number of nitrogens with zero attached hydrogens (tertiary/aromatic N) is 2. The number of hydrogen-bond donors (Lipinski definition) is 1. The molecule has 3 heteroatoms. The van der Waals surface area contributed by atoms with Gasteiger partial charge in [-0.3, -0.25) is 0 Å². The van der Waals surface area contributed by atoms with Crippen LogP contribution in [-0.2, 0) is 0 Å². The van der Waals surface area contributed by atoms with Crippen molar-refractivity contribution in [3.05, 3.63) is 29.8 Å². The first-order chi connectivity index (χ1) is 9.20. The van der Waals surface area contributed by atoms with Crippen LogP contribution in [0.25, 0.3) is 0 Å². The highest BCUT2D eigenvalue weighted by molar-refractivity contribution is 5.47. The molecule has 0 bridgehead atoms. The van der Waals surface area contributed by atoms with Crippen LogP contribution >= 0.6 is 0 Å². The van der Waals surface area contributed by atoms with Crippen molar-refractivity contribution in [3.63, 3.8) is 0 Å². The summed E-state index contributed by atoms with van der Waals surface area (Å²) in [7, 11) is 2.17. The second-order valence-corrected chi connectivity index (χ2v) is 5.58. The minimum atomic E-state index is 0.170. The fourth-order valence-electron chi connectivity index (χ4n) is 2.64. The standard InChI is InChI=1S/C16H27N3/c1-3-16(17)14-6-8-15(9-7-14)18(2)12-13-19-10-4-5-11-19/h6-9,16H,3-5,10-13,17H2,1-2H3/t16-/m1/s1. The van der Waals surface area contributed by atoms with E-state index in [4.69, 9.17) is 5.73 Å². The first kappa shape index (κ1) is 14.4. The van der Waals surface area contributed by atoms with E-state index < -0.39 is 0 Å². The SMILES string of the molecule is CC[C@@H](N)c1ccc(N(C)CCN2CCCC2)cc1. The quantitative estimate of drug-likeness (QED) is 0.854. The highest BCUT2D eigenvalue weighted by atomic mass is 15.2. The van der Waals surface area contributed by atoms with Gasteiger partial charge in [0.05, 0.1) is 0 Å². The van der Waals surface area contributed by atoms with E-state index in [0.717, 1.165) is 13.0 Å². The minimum Gasteiger partial charge on any atom is -0.373 e. The number of anilines is 1. The summed E-state index contributed by atoms with van der Waals surface area (Å²) in [5.74, 6) is 0. The summed E-state index contributed by atoms with van der Waals surface area (Å²) in [6, 6.07) is 8.87. The maximum Gasteiger partial charge on any atom is 0.0364 e. The number of likely N-dealkylation sites (tertiary alicyclic amines) is 1. The second kappa shape index (κ2) is 6.92. The van der Waals surface area contributed by atoms with E-state index >= 15 is 0 Å². The van der Waals surface area contributed by atoms with Crippen molar-refractivity contribution in [3.8, 4) is 0 Å². The normalized spacial score (nSPS) is 17.6. The van der Waals surface area contributed by atoms with Crippen LogP contribution in [0.5, 0.6) is 0 Å². The summed E-state index contributed by atoms with van der Waals surface area (Å²) < 4.78 is 0. The predicted octanol–water partition coefficient (Wildman–Crippen LogP) is 2.63. The largest absolute Gasteiger partial charge is 0.373 e. The van der Waals surface area contributed by atoms with Gasteiger partial charge in [0.2, 0.25) is 0 Å². The molecule has 0 aliphatic carbocycles. The van der Waals surface area contributed by atoms with E-state index in [1.807, 2.05) is 0 Å². The summed E-state index contributed by atoms with van der Waals surface area (Å²) in [4.78, 5) is 4.89. The first-order valence-corrected chi connectivity index (χ1v) is 7.49. The van der Waals surface area contributed by atoms with Crippen molar-refractivity contribution < 1.29 is 0 Å². The first-order valence-electron chi connectivity index (χ1n) is 7.49. The molecule has 1 saturated heterocycles. The van der Waals surface area contributed by atoms with Crippen LogP contribution < -0.4 is 10.6 Å². The zero-order chi connectivity index (χ0) is 13.7. The van der Waals surface area contributed by atoms with Gasteiger partial charge >= 0.3 is 0 Å². The molecule has 1 atom stereocenters. The average molecular weight is 261 g/mol. The van der Waals surface area contributed by atoms with Gasteiger partial charge in [-0.05, 0) is 50.0 Å². The van der Waals surface area contributed by atoms with Gasteiger partial charge in [0.1, 0.15) is 0 Å². The molecule has 1 aromatic carbocycles. The van der Waals surface area contributed by atoms with Crippen LogP contribution in [0.4, 0.5) is 5.69 Å². The van der Waals surface area contributed by atoms with E-state index in [1.165, 1.54) is 43.7 Å². The molecule has 0 amide bonds. The molecule has 0 aromatic heterocycles. The third kappa shape index (κ3) is 3.95. The van der Waals surface area contributed by atoms with Crippen molar-refractivity contribution in [1.82, 2.24) is 4.90 Å². The second-order valence-electron chi connectivity index (χ2n) is 5.58. The van der Waals surface area contributed by atoms with Gasteiger partial charge in [0.25, 0.3) is 0 Å². The third-order valence-corrected chi connectivity index (χ3v) is 4.15. The van der Waals surface area contributed by atoms with Crippen molar-refractivity contribution in [1.29, 1.82) is 0 Å². The molecule has 3 nitrogen and oxygen atoms in total. The molecule has 1 aromatic rings.